The van der Waals surface area contributed by atoms with Crippen LogP contribution in [0.1, 0.15) is 15.9 Å². The zero-order valence-corrected chi connectivity index (χ0v) is 16.3. The molecule has 0 saturated carbocycles. The van der Waals surface area contributed by atoms with Crippen LogP contribution in [-0.2, 0) is 19.6 Å². The van der Waals surface area contributed by atoms with Crippen molar-refractivity contribution in [2.75, 3.05) is 24.2 Å². The number of benzene rings is 2. The van der Waals surface area contributed by atoms with Gasteiger partial charge >= 0.3 is 5.97 Å². The minimum Gasteiger partial charge on any atom is -0.454 e. The standard InChI is InChI=1S/C19H18ClNO5S/c1-21(27(2,24)25)17-9-7-15(8-10-17)18(22)13-26-19(23)11-6-14-4-3-5-16(20)12-14/h3-12H,13H2,1-2H3/b11-6+. The molecule has 0 saturated heterocycles. The maximum atomic E-state index is 12.1. The van der Waals surface area contributed by atoms with E-state index in [9.17, 15) is 18.0 Å². The molecule has 0 N–H and O–H groups in total. The van der Waals surface area contributed by atoms with Crippen molar-refractivity contribution < 1.29 is 22.7 Å². The Kier molecular flexibility index (Phi) is 6.76. The number of Topliss-reactive ketones (excluding diaryl/α,β-unsaturated/α-hetero) is 1. The number of ketones is 1. The molecule has 0 aliphatic heterocycles. The van der Waals surface area contributed by atoms with Gasteiger partial charge in [-0.15, -0.1) is 0 Å². The summed E-state index contributed by atoms with van der Waals surface area (Å²) in [4.78, 5) is 23.8. The van der Waals surface area contributed by atoms with Gasteiger partial charge in [-0.2, -0.15) is 0 Å². The molecule has 27 heavy (non-hydrogen) atoms. The van der Waals surface area contributed by atoms with Crippen LogP contribution in [0.4, 0.5) is 5.69 Å². The molecule has 142 valence electrons. The molecule has 0 fully saturated rings. The van der Waals surface area contributed by atoms with Crippen LogP contribution in [0.2, 0.25) is 5.02 Å². The van der Waals surface area contributed by atoms with E-state index in [1.807, 2.05) is 0 Å². The Morgan fingerprint density at radius 3 is 2.41 bits per heavy atom. The Morgan fingerprint density at radius 2 is 1.81 bits per heavy atom. The van der Waals surface area contributed by atoms with Crippen LogP contribution in [0.15, 0.2) is 54.6 Å². The smallest absolute Gasteiger partial charge is 0.331 e. The third kappa shape index (κ3) is 6.23. The number of rotatable bonds is 7. The van der Waals surface area contributed by atoms with Crippen molar-refractivity contribution in [3.8, 4) is 0 Å². The number of hydrogen-bond donors (Lipinski definition) is 0. The summed E-state index contributed by atoms with van der Waals surface area (Å²) in [6.07, 6.45) is 3.83. The molecular weight excluding hydrogens is 390 g/mol. The van der Waals surface area contributed by atoms with Crippen molar-refractivity contribution in [2.45, 2.75) is 0 Å². The molecular formula is C19H18ClNO5S. The van der Waals surface area contributed by atoms with Gasteiger partial charge in [-0.3, -0.25) is 9.10 Å². The minimum atomic E-state index is -3.38. The summed E-state index contributed by atoms with van der Waals surface area (Å²) in [5.41, 5.74) is 1.47. The number of hydrogen-bond acceptors (Lipinski definition) is 5. The van der Waals surface area contributed by atoms with E-state index in [4.69, 9.17) is 16.3 Å². The second-order valence-corrected chi connectivity index (χ2v) is 8.15. The molecule has 0 aliphatic rings. The predicted octanol–water partition coefficient (Wildman–Crippen LogP) is 3.18. The van der Waals surface area contributed by atoms with Gasteiger partial charge in [0.15, 0.2) is 12.4 Å². The zero-order valence-electron chi connectivity index (χ0n) is 14.8. The molecule has 2 aromatic carbocycles. The van der Waals surface area contributed by atoms with Crippen molar-refractivity contribution in [3.63, 3.8) is 0 Å². The van der Waals surface area contributed by atoms with Gasteiger partial charge < -0.3 is 4.74 Å². The summed E-state index contributed by atoms with van der Waals surface area (Å²) in [7, 11) is -1.96. The van der Waals surface area contributed by atoms with Gasteiger partial charge in [0.25, 0.3) is 0 Å². The Bertz CT molecular complexity index is 968. The summed E-state index contributed by atoms with van der Waals surface area (Å²) in [6, 6.07) is 12.9. The molecule has 0 unspecified atom stereocenters. The van der Waals surface area contributed by atoms with Crippen molar-refractivity contribution in [1.29, 1.82) is 0 Å². The molecule has 6 nitrogen and oxygen atoms in total. The molecule has 0 radical (unpaired) electrons. The molecule has 0 aromatic heterocycles. The molecule has 0 spiro atoms. The summed E-state index contributed by atoms with van der Waals surface area (Å²) < 4.78 is 29.0. The van der Waals surface area contributed by atoms with Gasteiger partial charge in [0.05, 0.1) is 11.9 Å². The maximum Gasteiger partial charge on any atom is 0.331 e. The van der Waals surface area contributed by atoms with E-state index in [1.165, 1.54) is 43.5 Å². The first-order valence-corrected chi connectivity index (χ1v) is 10.1. The number of esters is 1. The van der Waals surface area contributed by atoms with Crippen molar-refractivity contribution in [3.05, 3.63) is 70.8 Å². The van der Waals surface area contributed by atoms with Gasteiger partial charge in [0, 0.05) is 23.7 Å². The highest BCUT2D eigenvalue weighted by molar-refractivity contribution is 7.92. The number of anilines is 1. The SMILES string of the molecule is CN(c1ccc(C(=O)COC(=O)/C=C/c2cccc(Cl)c2)cc1)S(C)(=O)=O. The third-order valence-electron chi connectivity index (χ3n) is 3.66. The lowest BCUT2D eigenvalue weighted by Crippen LogP contribution is -2.24. The van der Waals surface area contributed by atoms with Gasteiger partial charge in [-0.25, -0.2) is 13.2 Å². The molecule has 0 aliphatic carbocycles. The van der Waals surface area contributed by atoms with E-state index in [-0.39, 0.29) is 0 Å². The van der Waals surface area contributed by atoms with Gasteiger partial charge in [0.1, 0.15) is 0 Å². The average Bonchev–Trinajstić information content (AvgIpc) is 2.63. The number of ether oxygens (including phenoxy) is 1. The van der Waals surface area contributed by atoms with E-state index in [1.54, 1.807) is 24.3 Å². The van der Waals surface area contributed by atoms with Crippen LogP contribution in [0.3, 0.4) is 0 Å². The Labute approximate surface area is 163 Å². The summed E-state index contributed by atoms with van der Waals surface area (Å²) in [5.74, 6) is -1.05. The Hall–Kier alpha value is -2.64. The molecule has 0 atom stereocenters. The maximum absolute atomic E-state index is 12.1. The number of halogens is 1. The third-order valence-corrected chi connectivity index (χ3v) is 5.10. The van der Waals surface area contributed by atoms with Crippen LogP contribution >= 0.6 is 11.6 Å². The van der Waals surface area contributed by atoms with E-state index < -0.39 is 28.4 Å². The zero-order chi connectivity index (χ0) is 20.0. The lowest BCUT2D eigenvalue weighted by molar-refractivity contribution is -0.136. The molecule has 2 aromatic rings. The Balaban J connectivity index is 1.92. The molecule has 0 heterocycles. The van der Waals surface area contributed by atoms with Crippen LogP contribution < -0.4 is 4.31 Å². The summed E-state index contributed by atoms with van der Waals surface area (Å²) in [5, 5.41) is 0.547. The lowest BCUT2D eigenvalue weighted by Gasteiger charge is -2.16. The predicted molar refractivity (Wildman–Crippen MR) is 105 cm³/mol. The largest absolute Gasteiger partial charge is 0.454 e. The van der Waals surface area contributed by atoms with E-state index in [0.717, 1.165) is 16.1 Å². The summed E-state index contributed by atoms with van der Waals surface area (Å²) in [6.45, 7) is -0.417. The van der Waals surface area contributed by atoms with E-state index in [0.29, 0.717) is 16.3 Å². The van der Waals surface area contributed by atoms with Gasteiger partial charge in [0.2, 0.25) is 10.0 Å². The second-order valence-electron chi connectivity index (χ2n) is 5.70. The quantitative estimate of drug-likeness (QED) is 0.400. The highest BCUT2D eigenvalue weighted by Gasteiger charge is 2.13. The number of nitrogens with zero attached hydrogens (tertiary/aromatic N) is 1. The normalized spacial score (nSPS) is 11.4. The average molecular weight is 408 g/mol. The number of carbonyl (C=O) groups is 2. The highest BCUT2D eigenvalue weighted by Crippen LogP contribution is 2.17. The van der Waals surface area contributed by atoms with Crippen LogP contribution in [0.5, 0.6) is 0 Å². The van der Waals surface area contributed by atoms with E-state index >= 15 is 0 Å². The highest BCUT2D eigenvalue weighted by atomic mass is 35.5. The Morgan fingerprint density at radius 1 is 1.15 bits per heavy atom. The minimum absolute atomic E-state index is 0.312. The van der Waals surface area contributed by atoms with Crippen LogP contribution in [0, 0.1) is 0 Å². The van der Waals surface area contributed by atoms with Crippen molar-refractivity contribution >= 4 is 45.1 Å². The van der Waals surface area contributed by atoms with Gasteiger partial charge in [-0.1, -0.05) is 23.7 Å². The number of sulfonamides is 1. The van der Waals surface area contributed by atoms with Crippen molar-refractivity contribution in [1.82, 2.24) is 0 Å². The lowest BCUT2D eigenvalue weighted by atomic mass is 10.1. The fraction of sp³-hybridized carbons (Fsp3) is 0.158. The molecule has 0 bridgehead atoms. The van der Waals surface area contributed by atoms with Crippen LogP contribution in [0.25, 0.3) is 6.08 Å². The first-order chi connectivity index (χ1) is 12.7. The first-order valence-electron chi connectivity index (χ1n) is 7.84. The monoisotopic (exact) mass is 407 g/mol. The molecule has 8 heteroatoms. The van der Waals surface area contributed by atoms with Gasteiger partial charge in [-0.05, 0) is 48.0 Å². The fourth-order valence-corrected chi connectivity index (χ4v) is 2.79. The van der Waals surface area contributed by atoms with Crippen molar-refractivity contribution in [2.24, 2.45) is 0 Å². The number of carbonyl (C=O) groups excluding carboxylic acids is 2. The molecule has 0 amide bonds. The fourth-order valence-electron chi connectivity index (χ4n) is 2.09. The molecule has 2 rings (SSSR count). The van der Waals surface area contributed by atoms with E-state index in [2.05, 4.69) is 0 Å². The summed E-state index contributed by atoms with van der Waals surface area (Å²) >= 11 is 5.86. The first kappa shape index (κ1) is 20.7. The van der Waals surface area contributed by atoms with Crippen LogP contribution in [-0.4, -0.2) is 40.1 Å². The topological polar surface area (TPSA) is 80.8 Å². The second kappa shape index (κ2) is 8.83.